The first kappa shape index (κ1) is 7.85. The lowest BCUT2D eigenvalue weighted by Gasteiger charge is -1.91. The Labute approximate surface area is 78.3 Å². The Kier molecular flexibility index (Phi) is 2.99. The molecule has 0 saturated heterocycles. The van der Waals surface area contributed by atoms with Crippen LogP contribution >= 0.6 is 34.8 Å². The minimum Gasteiger partial charge on any atom is -0.194 e. The van der Waals surface area contributed by atoms with Gasteiger partial charge in [0.05, 0.1) is 10.8 Å². The molecule has 0 unspecified atom stereocenters. The van der Waals surface area contributed by atoms with Gasteiger partial charge in [-0.3, -0.25) is 0 Å². The van der Waals surface area contributed by atoms with E-state index in [0.29, 0.717) is 0 Å². The molecule has 1 aromatic carbocycles. The molecule has 0 spiro atoms. The zero-order valence-electron chi connectivity index (χ0n) is 5.04. The zero-order chi connectivity index (χ0) is 7.40. The van der Waals surface area contributed by atoms with E-state index in [2.05, 4.69) is 45.0 Å². The lowest BCUT2D eigenvalue weighted by Crippen LogP contribution is -1.68. The van der Waals surface area contributed by atoms with Gasteiger partial charge in [0.25, 0.3) is 0 Å². The van der Waals surface area contributed by atoms with Crippen molar-refractivity contribution in [3.05, 3.63) is 27.8 Å². The molecule has 0 heterocycles. The van der Waals surface area contributed by atoms with E-state index in [1.807, 2.05) is 24.3 Å². The minimum absolute atomic E-state index is 0.887. The van der Waals surface area contributed by atoms with Gasteiger partial charge in [0.1, 0.15) is 0 Å². The molecule has 0 aliphatic rings. The Morgan fingerprint density at radius 3 is 2.70 bits per heavy atom. The maximum absolute atomic E-state index is 4.47. The van der Waals surface area contributed by atoms with E-state index in [-0.39, 0.29) is 0 Å². The quantitative estimate of drug-likeness (QED) is 0.430. The van der Waals surface area contributed by atoms with E-state index < -0.39 is 0 Å². The summed E-state index contributed by atoms with van der Waals surface area (Å²) in [5, 5.41) is 2.33. The first-order valence-corrected chi connectivity index (χ1v) is 4.15. The summed E-state index contributed by atoms with van der Waals surface area (Å²) in [7, 11) is 0. The molecule has 50 valence electrons. The van der Waals surface area contributed by atoms with Crippen molar-refractivity contribution in [2.75, 3.05) is 0 Å². The Hall–Kier alpha value is -0.250. The van der Waals surface area contributed by atoms with Gasteiger partial charge in [0, 0.05) is 3.57 Å². The van der Waals surface area contributed by atoms with Gasteiger partial charge in [-0.05, 0) is 46.9 Å². The van der Waals surface area contributed by atoms with Crippen LogP contribution in [0.5, 0.6) is 0 Å². The van der Waals surface area contributed by atoms with Crippen LogP contribution in [0.1, 0.15) is 0 Å². The van der Waals surface area contributed by atoms with Crippen molar-refractivity contribution >= 4 is 45.7 Å². The molecule has 0 saturated carbocycles. The minimum atomic E-state index is 0.887. The van der Waals surface area contributed by atoms with Gasteiger partial charge in [-0.25, -0.2) is 0 Å². The molecule has 0 amide bonds. The third-order valence-electron chi connectivity index (χ3n) is 1.02. The smallest absolute Gasteiger partial charge is 0.0872 e. The molecule has 0 N–H and O–H groups in total. The van der Waals surface area contributed by atoms with Crippen LogP contribution in [-0.4, -0.2) is 5.16 Å². The average Bonchev–Trinajstić information content (AvgIpc) is 1.94. The molecule has 1 aromatic rings. The predicted octanol–water partition coefficient (Wildman–Crippen LogP) is 3.03. The van der Waals surface area contributed by atoms with Crippen LogP contribution in [0.15, 0.2) is 29.3 Å². The van der Waals surface area contributed by atoms with Gasteiger partial charge in [0.2, 0.25) is 0 Å². The van der Waals surface area contributed by atoms with Crippen molar-refractivity contribution in [3.63, 3.8) is 0 Å². The molecule has 0 bridgehead atoms. The Morgan fingerprint density at radius 1 is 1.40 bits per heavy atom. The average molecular weight is 261 g/mol. The zero-order valence-corrected chi connectivity index (χ0v) is 8.02. The Morgan fingerprint density at radius 2 is 2.10 bits per heavy atom. The van der Waals surface area contributed by atoms with Crippen molar-refractivity contribution in [3.8, 4) is 0 Å². The number of para-hydroxylation sites is 1. The summed E-state index contributed by atoms with van der Waals surface area (Å²) in [4.78, 5) is 3.86. The number of hydrogen-bond donors (Lipinski definition) is 0. The molecule has 1 nitrogen and oxygen atoms in total. The normalized spacial score (nSPS) is 8.50. The van der Waals surface area contributed by atoms with E-state index >= 15 is 0 Å². The van der Waals surface area contributed by atoms with Crippen molar-refractivity contribution < 1.29 is 0 Å². The fraction of sp³-hybridized carbons (Fsp3) is 0. The highest BCUT2D eigenvalue weighted by atomic mass is 127. The fourth-order valence-corrected chi connectivity index (χ4v) is 1.20. The second kappa shape index (κ2) is 3.81. The molecule has 0 atom stereocenters. The van der Waals surface area contributed by atoms with Crippen LogP contribution < -0.4 is 0 Å². The van der Waals surface area contributed by atoms with Crippen molar-refractivity contribution in [1.82, 2.24) is 0 Å². The number of benzene rings is 1. The van der Waals surface area contributed by atoms with Crippen molar-refractivity contribution in [2.24, 2.45) is 4.99 Å². The number of hydrogen-bond acceptors (Lipinski definition) is 2. The number of isothiocyanates is 1. The topological polar surface area (TPSA) is 12.4 Å². The summed E-state index contributed by atoms with van der Waals surface area (Å²) in [6.07, 6.45) is 0. The maximum atomic E-state index is 4.47. The molecule has 10 heavy (non-hydrogen) atoms. The van der Waals surface area contributed by atoms with E-state index in [4.69, 9.17) is 0 Å². The standard InChI is InChI=1S/C7H4INS/c8-6-3-1-2-4-7(6)9-5-10/h1-4H. The number of rotatable bonds is 1. The second-order valence-electron chi connectivity index (χ2n) is 1.65. The van der Waals surface area contributed by atoms with Gasteiger partial charge in [0.15, 0.2) is 0 Å². The third-order valence-corrected chi connectivity index (χ3v) is 2.02. The summed E-state index contributed by atoms with van der Waals surface area (Å²) in [5.41, 5.74) is 0.887. The third kappa shape index (κ3) is 1.87. The summed E-state index contributed by atoms with van der Waals surface area (Å²) in [6, 6.07) is 7.77. The van der Waals surface area contributed by atoms with Gasteiger partial charge >= 0.3 is 0 Å². The summed E-state index contributed by atoms with van der Waals surface area (Å²) >= 11 is 6.68. The Bertz CT molecular complexity index is 279. The molecule has 0 aromatic heterocycles. The lowest BCUT2D eigenvalue weighted by molar-refractivity contribution is 1.51. The summed E-state index contributed by atoms with van der Waals surface area (Å²) < 4.78 is 1.09. The predicted molar refractivity (Wildman–Crippen MR) is 53.8 cm³/mol. The molecule has 0 radical (unpaired) electrons. The first-order chi connectivity index (χ1) is 4.84. The fourth-order valence-electron chi connectivity index (χ4n) is 0.592. The molecule has 0 aliphatic heterocycles. The maximum Gasteiger partial charge on any atom is 0.0872 e. The summed E-state index contributed by atoms with van der Waals surface area (Å²) in [6.45, 7) is 0. The molecule has 0 fully saturated rings. The second-order valence-corrected chi connectivity index (χ2v) is 3.00. The van der Waals surface area contributed by atoms with Gasteiger partial charge in [-0.2, -0.15) is 4.99 Å². The Balaban J connectivity index is 3.14. The molecular weight excluding hydrogens is 257 g/mol. The number of halogens is 1. The number of aliphatic imine (C=N–C) groups is 1. The molecule has 0 aliphatic carbocycles. The van der Waals surface area contributed by atoms with Crippen LogP contribution in [0, 0.1) is 3.57 Å². The number of thiocarbonyl (C=S) groups is 1. The van der Waals surface area contributed by atoms with Gasteiger partial charge in [-0.1, -0.05) is 12.1 Å². The van der Waals surface area contributed by atoms with E-state index in [1.54, 1.807) is 0 Å². The van der Waals surface area contributed by atoms with E-state index in [1.165, 1.54) is 0 Å². The highest BCUT2D eigenvalue weighted by Crippen LogP contribution is 2.19. The van der Waals surface area contributed by atoms with Crippen LogP contribution in [0.3, 0.4) is 0 Å². The SMILES string of the molecule is S=C=Nc1ccccc1I. The van der Waals surface area contributed by atoms with E-state index in [9.17, 15) is 0 Å². The van der Waals surface area contributed by atoms with Crippen LogP contribution in [0.2, 0.25) is 0 Å². The molecule has 1 rings (SSSR count). The van der Waals surface area contributed by atoms with Crippen LogP contribution in [0.4, 0.5) is 5.69 Å². The largest absolute Gasteiger partial charge is 0.194 e. The summed E-state index contributed by atoms with van der Waals surface area (Å²) in [5.74, 6) is 0. The van der Waals surface area contributed by atoms with Crippen molar-refractivity contribution in [2.45, 2.75) is 0 Å². The molecule has 3 heteroatoms. The monoisotopic (exact) mass is 261 g/mol. The van der Waals surface area contributed by atoms with Gasteiger partial charge in [-0.15, -0.1) is 0 Å². The van der Waals surface area contributed by atoms with Crippen molar-refractivity contribution in [1.29, 1.82) is 0 Å². The van der Waals surface area contributed by atoms with Crippen LogP contribution in [0.25, 0.3) is 0 Å². The lowest BCUT2D eigenvalue weighted by atomic mass is 10.3. The van der Waals surface area contributed by atoms with Crippen LogP contribution in [-0.2, 0) is 0 Å². The van der Waals surface area contributed by atoms with Gasteiger partial charge < -0.3 is 0 Å². The highest BCUT2D eigenvalue weighted by Gasteiger charge is 1.91. The molecular formula is C7H4INS. The van der Waals surface area contributed by atoms with E-state index in [0.717, 1.165) is 9.26 Å². The highest BCUT2D eigenvalue weighted by molar-refractivity contribution is 14.1. The number of nitrogens with zero attached hydrogens (tertiary/aromatic N) is 1. The first-order valence-electron chi connectivity index (χ1n) is 2.67.